The number of rotatable bonds is 7. The molecule has 0 amide bonds. The molecule has 0 unspecified atom stereocenters. The van der Waals surface area contributed by atoms with Crippen LogP contribution in [-0.4, -0.2) is 13.2 Å². The molecule has 108 valence electrons. The van der Waals surface area contributed by atoms with Gasteiger partial charge in [0, 0.05) is 12.1 Å². The van der Waals surface area contributed by atoms with Crippen LogP contribution in [0.1, 0.15) is 51.7 Å². The molecule has 0 heterocycles. The standard InChI is InChI=1S/C17H29NO/c1-6-11-18-13-15-9-7-8-14(2)16(15)19-12-10-17(3,4)5/h7-9,18H,6,10-13H2,1-5H3. The molecule has 1 aromatic rings. The van der Waals surface area contributed by atoms with E-state index in [-0.39, 0.29) is 0 Å². The summed E-state index contributed by atoms with van der Waals surface area (Å²) in [6, 6.07) is 6.38. The number of hydrogen-bond acceptors (Lipinski definition) is 2. The van der Waals surface area contributed by atoms with Gasteiger partial charge >= 0.3 is 0 Å². The summed E-state index contributed by atoms with van der Waals surface area (Å²) >= 11 is 0. The minimum absolute atomic E-state index is 0.323. The average molecular weight is 263 g/mol. The molecular formula is C17H29NO. The van der Waals surface area contributed by atoms with Gasteiger partial charge < -0.3 is 10.1 Å². The predicted octanol–water partition coefficient (Wildman–Crippen LogP) is 4.31. The molecule has 0 aliphatic carbocycles. The first-order valence-electron chi connectivity index (χ1n) is 7.36. The average Bonchev–Trinajstić information content (AvgIpc) is 2.31. The summed E-state index contributed by atoms with van der Waals surface area (Å²) < 4.78 is 6.03. The van der Waals surface area contributed by atoms with Crippen LogP contribution in [0.5, 0.6) is 5.75 Å². The van der Waals surface area contributed by atoms with Gasteiger partial charge in [0.2, 0.25) is 0 Å². The van der Waals surface area contributed by atoms with Gasteiger partial charge in [-0.1, -0.05) is 45.9 Å². The van der Waals surface area contributed by atoms with E-state index in [2.05, 4.69) is 58.1 Å². The summed E-state index contributed by atoms with van der Waals surface area (Å²) in [6.45, 7) is 13.8. The summed E-state index contributed by atoms with van der Waals surface area (Å²) in [7, 11) is 0. The highest BCUT2D eigenvalue weighted by Crippen LogP contribution is 2.25. The fraction of sp³-hybridized carbons (Fsp3) is 0.647. The molecule has 1 N–H and O–H groups in total. The SMILES string of the molecule is CCCNCc1cccc(C)c1OCCC(C)(C)C. The normalized spacial score (nSPS) is 11.6. The van der Waals surface area contributed by atoms with Crippen molar-refractivity contribution in [1.29, 1.82) is 0 Å². The third kappa shape index (κ3) is 6.11. The van der Waals surface area contributed by atoms with Gasteiger partial charge in [-0.3, -0.25) is 0 Å². The van der Waals surface area contributed by atoms with E-state index >= 15 is 0 Å². The van der Waals surface area contributed by atoms with Gasteiger partial charge in [0.05, 0.1) is 6.61 Å². The second-order valence-corrected chi connectivity index (χ2v) is 6.40. The van der Waals surface area contributed by atoms with Crippen molar-refractivity contribution in [2.24, 2.45) is 5.41 Å². The van der Waals surface area contributed by atoms with Crippen molar-refractivity contribution in [3.05, 3.63) is 29.3 Å². The highest BCUT2D eigenvalue weighted by atomic mass is 16.5. The number of aryl methyl sites for hydroxylation is 1. The molecule has 0 bridgehead atoms. The Labute approximate surface area is 118 Å². The lowest BCUT2D eigenvalue weighted by Gasteiger charge is -2.20. The number of ether oxygens (including phenoxy) is 1. The summed E-state index contributed by atoms with van der Waals surface area (Å²) in [5, 5.41) is 3.45. The zero-order valence-corrected chi connectivity index (χ0v) is 13.2. The Morgan fingerprint density at radius 3 is 2.58 bits per heavy atom. The highest BCUT2D eigenvalue weighted by molar-refractivity contribution is 5.40. The highest BCUT2D eigenvalue weighted by Gasteiger charge is 2.12. The molecule has 0 saturated heterocycles. The Bertz CT molecular complexity index is 379. The Hall–Kier alpha value is -1.02. The molecule has 2 heteroatoms. The van der Waals surface area contributed by atoms with Crippen LogP contribution in [0.25, 0.3) is 0 Å². The molecule has 2 nitrogen and oxygen atoms in total. The molecular weight excluding hydrogens is 234 g/mol. The fourth-order valence-electron chi connectivity index (χ4n) is 1.92. The molecule has 0 saturated carbocycles. The van der Waals surface area contributed by atoms with E-state index < -0.39 is 0 Å². The number of benzene rings is 1. The van der Waals surface area contributed by atoms with Crippen LogP contribution >= 0.6 is 0 Å². The van der Waals surface area contributed by atoms with Crippen LogP contribution in [0, 0.1) is 12.3 Å². The summed E-state index contributed by atoms with van der Waals surface area (Å²) in [4.78, 5) is 0. The van der Waals surface area contributed by atoms with Crippen molar-refractivity contribution in [2.75, 3.05) is 13.2 Å². The van der Waals surface area contributed by atoms with Gasteiger partial charge in [-0.15, -0.1) is 0 Å². The van der Waals surface area contributed by atoms with E-state index in [9.17, 15) is 0 Å². The van der Waals surface area contributed by atoms with Crippen LogP contribution in [0.15, 0.2) is 18.2 Å². The quantitative estimate of drug-likeness (QED) is 0.740. The summed E-state index contributed by atoms with van der Waals surface area (Å²) in [5.41, 5.74) is 2.82. The fourth-order valence-corrected chi connectivity index (χ4v) is 1.92. The van der Waals surface area contributed by atoms with Gasteiger partial charge in [-0.2, -0.15) is 0 Å². The molecule has 0 fully saturated rings. The van der Waals surface area contributed by atoms with Crippen molar-refractivity contribution in [3.63, 3.8) is 0 Å². The van der Waals surface area contributed by atoms with Crippen LogP contribution in [0.4, 0.5) is 0 Å². The Morgan fingerprint density at radius 2 is 1.95 bits per heavy atom. The smallest absolute Gasteiger partial charge is 0.126 e. The van der Waals surface area contributed by atoms with Crippen molar-refractivity contribution in [2.45, 2.75) is 54.0 Å². The zero-order chi connectivity index (χ0) is 14.3. The molecule has 1 aromatic carbocycles. The van der Waals surface area contributed by atoms with Gasteiger partial charge in [0.15, 0.2) is 0 Å². The summed E-state index contributed by atoms with van der Waals surface area (Å²) in [5.74, 6) is 1.07. The minimum atomic E-state index is 0.323. The number of nitrogens with one attached hydrogen (secondary N) is 1. The predicted molar refractivity (Wildman–Crippen MR) is 82.7 cm³/mol. The van der Waals surface area contributed by atoms with Gasteiger partial charge in [0.1, 0.15) is 5.75 Å². The Kier molecular flexibility index (Phi) is 6.36. The molecule has 0 aliphatic rings. The topological polar surface area (TPSA) is 21.3 Å². The first kappa shape index (κ1) is 16.0. The minimum Gasteiger partial charge on any atom is -0.493 e. The molecule has 0 radical (unpaired) electrons. The van der Waals surface area contributed by atoms with E-state index in [1.165, 1.54) is 11.1 Å². The Morgan fingerprint density at radius 1 is 1.21 bits per heavy atom. The zero-order valence-electron chi connectivity index (χ0n) is 13.2. The monoisotopic (exact) mass is 263 g/mol. The molecule has 1 rings (SSSR count). The molecule has 19 heavy (non-hydrogen) atoms. The van der Waals surface area contributed by atoms with E-state index in [0.29, 0.717) is 5.41 Å². The number of para-hydroxylation sites is 1. The third-order valence-corrected chi connectivity index (χ3v) is 3.13. The van der Waals surface area contributed by atoms with Crippen molar-refractivity contribution < 1.29 is 4.74 Å². The largest absolute Gasteiger partial charge is 0.493 e. The van der Waals surface area contributed by atoms with E-state index in [0.717, 1.165) is 38.3 Å². The van der Waals surface area contributed by atoms with E-state index in [1.54, 1.807) is 0 Å². The first-order chi connectivity index (χ1) is 8.94. The lowest BCUT2D eigenvalue weighted by molar-refractivity contribution is 0.240. The van der Waals surface area contributed by atoms with Crippen molar-refractivity contribution in [3.8, 4) is 5.75 Å². The van der Waals surface area contributed by atoms with Gasteiger partial charge in [-0.05, 0) is 37.3 Å². The summed E-state index contributed by atoms with van der Waals surface area (Å²) in [6.07, 6.45) is 2.23. The van der Waals surface area contributed by atoms with Crippen LogP contribution in [-0.2, 0) is 6.54 Å². The maximum atomic E-state index is 6.03. The molecule has 0 spiro atoms. The Balaban J connectivity index is 2.63. The maximum Gasteiger partial charge on any atom is 0.126 e. The van der Waals surface area contributed by atoms with Crippen molar-refractivity contribution >= 4 is 0 Å². The molecule has 0 aromatic heterocycles. The number of hydrogen-bond donors (Lipinski definition) is 1. The van der Waals surface area contributed by atoms with Crippen molar-refractivity contribution in [1.82, 2.24) is 5.32 Å². The second kappa shape index (κ2) is 7.54. The second-order valence-electron chi connectivity index (χ2n) is 6.40. The van der Waals surface area contributed by atoms with Crippen LogP contribution < -0.4 is 10.1 Å². The van der Waals surface area contributed by atoms with Gasteiger partial charge in [0.25, 0.3) is 0 Å². The molecule has 0 aliphatic heterocycles. The van der Waals surface area contributed by atoms with E-state index in [1.807, 2.05) is 0 Å². The lowest BCUT2D eigenvalue weighted by Crippen LogP contribution is -2.16. The third-order valence-electron chi connectivity index (χ3n) is 3.13. The van der Waals surface area contributed by atoms with Crippen LogP contribution in [0.3, 0.4) is 0 Å². The molecule has 0 atom stereocenters. The first-order valence-corrected chi connectivity index (χ1v) is 7.36. The van der Waals surface area contributed by atoms with Gasteiger partial charge in [-0.25, -0.2) is 0 Å². The lowest BCUT2D eigenvalue weighted by atomic mass is 9.93. The van der Waals surface area contributed by atoms with E-state index in [4.69, 9.17) is 4.74 Å². The maximum absolute atomic E-state index is 6.03. The van der Waals surface area contributed by atoms with Crippen LogP contribution in [0.2, 0.25) is 0 Å².